The van der Waals surface area contributed by atoms with Crippen LogP contribution >= 0.6 is 11.6 Å². The van der Waals surface area contributed by atoms with Crippen molar-refractivity contribution in [3.63, 3.8) is 0 Å². The van der Waals surface area contributed by atoms with Crippen LogP contribution in [0, 0.1) is 0 Å². The number of benzene rings is 1. The van der Waals surface area contributed by atoms with Gasteiger partial charge in [0.15, 0.2) is 0 Å². The molecule has 1 unspecified atom stereocenters. The van der Waals surface area contributed by atoms with Gasteiger partial charge < -0.3 is 10.2 Å². The SMILES string of the molecule is CCCC(C)N(C)c1c(Cl)cccc1CNC1CC1. The smallest absolute Gasteiger partial charge is 0.0642 e. The lowest BCUT2D eigenvalue weighted by Crippen LogP contribution is -2.30. The molecule has 0 radical (unpaired) electrons. The van der Waals surface area contributed by atoms with E-state index in [1.165, 1.54) is 36.9 Å². The highest BCUT2D eigenvalue weighted by Gasteiger charge is 2.22. The highest BCUT2D eigenvalue weighted by atomic mass is 35.5. The van der Waals surface area contributed by atoms with Gasteiger partial charge in [-0.05, 0) is 37.8 Å². The molecule has 0 amide bonds. The summed E-state index contributed by atoms with van der Waals surface area (Å²) in [7, 11) is 2.15. The van der Waals surface area contributed by atoms with E-state index < -0.39 is 0 Å². The minimum atomic E-state index is 0.518. The van der Waals surface area contributed by atoms with Crippen LogP contribution in [0.1, 0.15) is 45.1 Å². The third-order valence-electron chi connectivity index (χ3n) is 3.95. The zero-order valence-corrected chi connectivity index (χ0v) is 13.0. The first-order valence-corrected chi connectivity index (χ1v) is 7.74. The summed E-state index contributed by atoms with van der Waals surface area (Å²) in [6.07, 6.45) is 5.03. The molecule has 0 aromatic heterocycles. The molecule has 1 atom stereocenters. The van der Waals surface area contributed by atoms with E-state index in [-0.39, 0.29) is 0 Å². The van der Waals surface area contributed by atoms with E-state index in [2.05, 4.69) is 37.2 Å². The van der Waals surface area contributed by atoms with Crippen molar-refractivity contribution in [2.45, 2.75) is 58.2 Å². The van der Waals surface area contributed by atoms with Crippen LogP contribution in [0.4, 0.5) is 5.69 Å². The average molecular weight is 281 g/mol. The zero-order chi connectivity index (χ0) is 13.8. The molecule has 3 heteroatoms. The first kappa shape index (κ1) is 14.7. The van der Waals surface area contributed by atoms with Crippen molar-refractivity contribution in [2.24, 2.45) is 0 Å². The van der Waals surface area contributed by atoms with Gasteiger partial charge in [0.25, 0.3) is 0 Å². The fraction of sp³-hybridized carbons (Fsp3) is 0.625. The lowest BCUT2D eigenvalue weighted by molar-refractivity contribution is 0.610. The molecule has 0 heterocycles. The lowest BCUT2D eigenvalue weighted by Gasteiger charge is -2.30. The molecule has 1 aromatic carbocycles. The number of para-hydroxylation sites is 1. The van der Waals surface area contributed by atoms with Crippen molar-refractivity contribution >= 4 is 17.3 Å². The molecule has 1 fully saturated rings. The van der Waals surface area contributed by atoms with E-state index in [1.807, 2.05) is 12.1 Å². The van der Waals surface area contributed by atoms with E-state index in [9.17, 15) is 0 Å². The monoisotopic (exact) mass is 280 g/mol. The Kier molecular flexibility index (Phi) is 5.12. The van der Waals surface area contributed by atoms with Gasteiger partial charge in [0.05, 0.1) is 10.7 Å². The van der Waals surface area contributed by atoms with Crippen molar-refractivity contribution in [3.05, 3.63) is 28.8 Å². The van der Waals surface area contributed by atoms with Crippen molar-refractivity contribution in [1.29, 1.82) is 0 Å². The largest absolute Gasteiger partial charge is 0.370 e. The second-order valence-corrected chi connectivity index (χ2v) is 6.06. The Balaban J connectivity index is 2.15. The number of nitrogens with zero attached hydrogens (tertiary/aromatic N) is 1. The number of hydrogen-bond donors (Lipinski definition) is 1. The van der Waals surface area contributed by atoms with Crippen molar-refractivity contribution in [3.8, 4) is 0 Å². The molecule has 1 N–H and O–H groups in total. The predicted octanol–water partition coefficient (Wildman–Crippen LogP) is 4.22. The summed E-state index contributed by atoms with van der Waals surface area (Å²) >= 11 is 6.43. The maximum atomic E-state index is 6.43. The molecule has 1 aliphatic carbocycles. The van der Waals surface area contributed by atoms with Crippen LogP contribution in [0.5, 0.6) is 0 Å². The summed E-state index contributed by atoms with van der Waals surface area (Å²) in [4.78, 5) is 2.33. The number of rotatable bonds is 7. The van der Waals surface area contributed by atoms with Crippen LogP contribution in [0.2, 0.25) is 5.02 Å². The first-order chi connectivity index (χ1) is 9.13. The van der Waals surface area contributed by atoms with Gasteiger partial charge in [0, 0.05) is 25.7 Å². The van der Waals surface area contributed by atoms with Gasteiger partial charge in [-0.2, -0.15) is 0 Å². The maximum Gasteiger partial charge on any atom is 0.0642 e. The van der Waals surface area contributed by atoms with E-state index >= 15 is 0 Å². The fourth-order valence-electron chi connectivity index (χ4n) is 2.47. The van der Waals surface area contributed by atoms with Gasteiger partial charge >= 0.3 is 0 Å². The number of hydrogen-bond acceptors (Lipinski definition) is 2. The highest BCUT2D eigenvalue weighted by Crippen LogP contribution is 2.32. The van der Waals surface area contributed by atoms with Gasteiger partial charge in [-0.1, -0.05) is 37.1 Å². The Hall–Kier alpha value is -0.730. The van der Waals surface area contributed by atoms with Crippen LogP contribution in [0.3, 0.4) is 0 Å². The molecular formula is C16H25ClN2. The normalized spacial score (nSPS) is 16.4. The third kappa shape index (κ3) is 3.87. The van der Waals surface area contributed by atoms with Crippen LogP contribution in [-0.4, -0.2) is 19.1 Å². The quantitative estimate of drug-likeness (QED) is 0.805. The fourth-order valence-corrected chi connectivity index (χ4v) is 2.80. The Bertz CT molecular complexity index is 415. The van der Waals surface area contributed by atoms with Crippen molar-refractivity contribution in [2.75, 3.05) is 11.9 Å². The number of nitrogens with one attached hydrogen (secondary N) is 1. The summed E-state index contributed by atoms with van der Waals surface area (Å²) in [5, 5.41) is 4.44. The Labute approximate surface area is 122 Å². The Morgan fingerprint density at radius 2 is 2.16 bits per heavy atom. The van der Waals surface area contributed by atoms with E-state index in [0.717, 1.165) is 17.6 Å². The molecular weight excluding hydrogens is 256 g/mol. The van der Waals surface area contributed by atoms with Gasteiger partial charge in [0.2, 0.25) is 0 Å². The van der Waals surface area contributed by atoms with Gasteiger partial charge in [-0.25, -0.2) is 0 Å². The first-order valence-electron chi connectivity index (χ1n) is 7.37. The molecule has 2 nitrogen and oxygen atoms in total. The molecule has 1 aromatic rings. The molecule has 0 aliphatic heterocycles. The summed E-state index contributed by atoms with van der Waals surface area (Å²) < 4.78 is 0. The Morgan fingerprint density at radius 1 is 1.42 bits per heavy atom. The summed E-state index contributed by atoms with van der Waals surface area (Å²) in [5.74, 6) is 0. The van der Waals surface area contributed by atoms with E-state index in [1.54, 1.807) is 0 Å². The van der Waals surface area contributed by atoms with E-state index in [4.69, 9.17) is 11.6 Å². The Morgan fingerprint density at radius 3 is 2.79 bits per heavy atom. The highest BCUT2D eigenvalue weighted by molar-refractivity contribution is 6.33. The molecule has 2 rings (SSSR count). The molecule has 19 heavy (non-hydrogen) atoms. The van der Waals surface area contributed by atoms with E-state index in [0.29, 0.717) is 6.04 Å². The van der Waals surface area contributed by atoms with Gasteiger partial charge in [-0.3, -0.25) is 0 Å². The van der Waals surface area contributed by atoms with Gasteiger partial charge in [-0.15, -0.1) is 0 Å². The average Bonchev–Trinajstić information content (AvgIpc) is 3.20. The molecule has 0 spiro atoms. The van der Waals surface area contributed by atoms with Crippen LogP contribution < -0.4 is 10.2 Å². The molecule has 0 bridgehead atoms. The number of anilines is 1. The minimum Gasteiger partial charge on any atom is -0.370 e. The third-order valence-corrected chi connectivity index (χ3v) is 4.25. The van der Waals surface area contributed by atoms with Crippen LogP contribution in [-0.2, 0) is 6.54 Å². The van der Waals surface area contributed by atoms with Crippen LogP contribution in [0.25, 0.3) is 0 Å². The summed E-state index contributed by atoms with van der Waals surface area (Å²) in [5.41, 5.74) is 2.50. The number of halogens is 1. The predicted molar refractivity (Wildman–Crippen MR) is 84.1 cm³/mol. The molecule has 106 valence electrons. The van der Waals surface area contributed by atoms with Crippen molar-refractivity contribution < 1.29 is 0 Å². The topological polar surface area (TPSA) is 15.3 Å². The standard InChI is InChI=1S/C16H25ClN2/c1-4-6-12(2)19(3)16-13(7-5-8-15(16)17)11-18-14-9-10-14/h5,7-8,12,14,18H,4,6,9-11H2,1-3H3. The second-order valence-electron chi connectivity index (χ2n) is 5.65. The minimum absolute atomic E-state index is 0.518. The lowest BCUT2D eigenvalue weighted by atomic mass is 10.1. The maximum absolute atomic E-state index is 6.43. The second kappa shape index (κ2) is 6.62. The molecule has 1 saturated carbocycles. The zero-order valence-electron chi connectivity index (χ0n) is 12.2. The summed E-state index contributed by atoms with van der Waals surface area (Å²) in [6.45, 7) is 5.42. The molecule has 0 saturated heterocycles. The van der Waals surface area contributed by atoms with Crippen molar-refractivity contribution in [1.82, 2.24) is 5.32 Å². The van der Waals surface area contributed by atoms with Crippen LogP contribution in [0.15, 0.2) is 18.2 Å². The summed E-state index contributed by atoms with van der Waals surface area (Å²) in [6, 6.07) is 7.47. The molecule has 1 aliphatic rings. The van der Waals surface area contributed by atoms with Gasteiger partial charge in [0.1, 0.15) is 0 Å².